The highest BCUT2D eigenvalue weighted by molar-refractivity contribution is 7.14. The van der Waals surface area contributed by atoms with Crippen molar-refractivity contribution in [1.82, 2.24) is 10.3 Å². The predicted octanol–water partition coefficient (Wildman–Crippen LogP) is 3.64. The lowest BCUT2D eigenvalue weighted by molar-refractivity contribution is -0.119. The van der Waals surface area contributed by atoms with E-state index in [0.29, 0.717) is 52.6 Å². The van der Waals surface area contributed by atoms with Gasteiger partial charge in [-0.1, -0.05) is 6.07 Å². The summed E-state index contributed by atoms with van der Waals surface area (Å²) in [5.41, 5.74) is 1.45. The van der Waals surface area contributed by atoms with Crippen molar-refractivity contribution in [2.75, 3.05) is 26.6 Å². The van der Waals surface area contributed by atoms with E-state index in [9.17, 15) is 9.59 Å². The van der Waals surface area contributed by atoms with Crippen molar-refractivity contribution in [3.63, 3.8) is 0 Å². The van der Waals surface area contributed by atoms with Gasteiger partial charge in [0.15, 0.2) is 22.4 Å². The van der Waals surface area contributed by atoms with Crippen LogP contribution in [0.25, 0.3) is 11.5 Å². The molecule has 0 aliphatic heterocycles. The minimum atomic E-state index is -0.173. The predicted molar refractivity (Wildman–Crippen MR) is 120 cm³/mol. The lowest BCUT2D eigenvalue weighted by Crippen LogP contribution is -2.18. The van der Waals surface area contributed by atoms with Crippen LogP contribution in [-0.2, 0) is 22.6 Å². The second-order valence-electron chi connectivity index (χ2n) is 6.76. The van der Waals surface area contributed by atoms with Gasteiger partial charge in [0.1, 0.15) is 11.5 Å². The standard InChI is InChI=1S/C22H25N3O6S/c1-13(26)23-11-15-7-9-17(31-15)16-12-32-22(24-16)25-19(27)10-6-14-5-8-18(28-2)21(30-4)20(14)29-3/h5,7-9,12H,6,10-11H2,1-4H3,(H,23,26)(H,24,25,27). The van der Waals surface area contributed by atoms with Gasteiger partial charge in [-0.15, -0.1) is 11.3 Å². The number of anilines is 1. The van der Waals surface area contributed by atoms with Crippen LogP contribution in [0.2, 0.25) is 0 Å². The third kappa shape index (κ3) is 5.58. The zero-order valence-corrected chi connectivity index (χ0v) is 19.1. The maximum Gasteiger partial charge on any atom is 0.226 e. The van der Waals surface area contributed by atoms with Crippen LogP contribution in [0, 0.1) is 0 Å². The molecule has 0 spiro atoms. The molecule has 0 aliphatic carbocycles. The van der Waals surface area contributed by atoms with Crippen molar-refractivity contribution < 1.29 is 28.2 Å². The van der Waals surface area contributed by atoms with E-state index in [-0.39, 0.29) is 18.2 Å². The van der Waals surface area contributed by atoms with E-state index in [1.54, 1.807) is 44.9 Å². The van der Waals surface area contributed by atoms with E-state index >= 15 is 0 Å². The Morgan fingerprint density at radius 1 is 1.06 bits per heavy atom. The van der Waals surface area contributed by atoms with Crippen LogP contribution in [0.3, 0.4) is 0 Å². The normalized spacial score (nSPS) is 10.5. The van der Waals surface area contributed by atoms with E-state index < -0.39 is 0 Å². The summed E-state index contributed by atoms with van der Waals surface area (Å²) < 4.78 is 21.8. The number of thiazole rings is 1. The molecule has 1 aromatic carbocycles. The first-order valence-corrected chi connectivity index (χ1v) is 10.7. The number of carbonyl (C=O) groups excluding carboxylic acids is 2. The molecule has 2 aromatic heterocycles. The summed E-state index contributed by atoms with van der Waals surface area (Å²) in [6, 6.07) is 7.19. The molecule has 3 aromatic rings. The topological polar surface area (TPSA) is 112 Å². The molecule has 0 bridgehead atoms. The molecule has 9 nitrogen and oxygen atoms in total. The molecule has 0 saturated heterocycles. The monoisotopic (exact) mass is 459 g/mol. The van der Waals surface area contributed by atoms with Gasteiger partial charge in [-0.25, -0.2) is 4.98 Å². The van der Waals surface area contributed by atoms with E-state index in [0.717, 1.165) is 5.56 Å². The summed E-state index contributed by atoms with van der Waals surface area (Å²) in [5, 5.41) is 7.76. The van der Waals surface area contributed by atoms with E-state index in [1.165, 1.54) is 18.3 Å². The largest absolute Gasteiger partial charge is 0.493 e. The number of nitrogens with one attached hydrogen (secondary N) is 2. The van der Waals surface area contributed by atoms with Crippen LogP contribution < -0.4 is 24.8 Å². The minimum Gasteiger partial charge on any atom is -0.493 e. The minimum absolute atomic E-state index is 0.132. The Hall–Kier alpha value is -3.53. The maximum atomic E-state index is 12.5. The van der Waals surface area contributed by atoms with Crippen molar-refractivity contribution in [3.8, 4) is 28.7 Å². The number of aromatic nitrogens is 1. The molecule has 0 aliphatic rings. The van der Waals surface area contributed by atoms with Crippen LogP contribution in [0.15, 0.2) is 34.1 Å². The highest BCUT2D eigenvalue weighted by Crippen LogP contribution is 2.40. The molecule has 2 N–H and O–H groups in total. The molecule has 32 heavy (non-hydrogen) atoms. The summed E-state index contributed by atoms with van der Waals surface area (Å²) in [5.74, 6) is 2.49. The molecule has 2 heterocycles. The van der Waals surface area contributed by atoms with Gasteiger partial charge < -0.3 is 29.3 Å². The number of hydrogen-bond donors (Lipinski definition) is 2. The Kier molecular flexibility index (Phi) is 7.72. The highest BCUT2D eigenvalue weighted by atomic mass is 32.1. The molecular weight excluding hydrogens is 434 g/mol. The number of methoxy groups -OCH3 is 3. The van der Waals surface area contributed by atoms with Gasteiger partial charge in [-0.05, 0) is 30.2 Å². The molecule has 0 atom stereocenters. The third-order valence-corrected chi connectivity index (χ3v) is 5.34. The van der Waals surface area contributed by atoms with Crippen LogP contribution in [0.4, 0.5) is 5.13 Å². The average molecular weight is 460 g/mol. The first-order chi connectivity index (χ1) is 15.4. The number of carbonyl (C=O) groups is 2. The fourth-order valence-corrected chi connectivity index (χ4v) is 3.77. The summed E-state index contributed by atoms with van der Waals surface area (Å²) in [6.07, 6.45) is 0.695. The highest BCUT2D eigenvalue weighted by Gasteiger charge is 2.17. The van der Waals surface area contributed by atoms with Crippen LogP contribution in [0.5, 0.6) is 17.2 Å². The number of furan rings is 1. The quantitative estimate of drug-likeness (QED) is 0.476. The SMILES string of the molecule is COc1ccc(CCC(=O)Nc2nc(-c3ccc(CNC(C)=O)o3)cs2)c(OC)c1OC. The Balaban J connectivity index is 1.60. The number of ether oxygens (including phenoxy) is 3. The fourth-order valence-electron chi connectivity index (χ4n) is 3.06. The Morgan fingerprint density at radius 3 is 2.53 bits per heavy atom. The van der Waals surface area contributed by atoms with Gasteiger partial charge in [-0.2, -0.15) is 0 Å². The molecule has 10 heteroatoms. The summed E-state index contributed by atoms with van der Waals surface area (Å²) in [6.45, 7) is 1.75. The number of aryl methyl sites for hydroxylation is 1. The Morgan fingerprint density at radius 2 is 1.84 bits per heavy atom. The van der Waals surface area contributed by atoms with E-state index in [4.69, 9.17) is 18.6 Å². The van der Waals surface area contributed by atoms with Crippen LogP contribution in [-0.4, -0.2) is 38.1 Å². The van der Waals surface area contributed by atoms with Crippen molar-refractivity contribution in [1.29, 1.82) is 0 Å². The number of benzene rings is 1. The summed E-state index contributed by atoms with van der Waals surface area (Å²) in [7, 11) is 4.65. The Bertz CT molecular complexity index is 1090. The molecule has 0 radical (unpaired) electrons. The number of hydrogen-bond acceptors (Lipinski definition) is 8. The number of amides is 2. The summed E-state index contributed by atoms with van der Waals surface area (Å²) >= 11 is 1.31. The average Bonchev–Trinajstić information content (AvgIpc) is 3.44. The zero-order valence-electron chi connectivity index (χ0n) is 18.3. The fraction of sp³-hybridized carbons (Fsp3) is 0.318. The number of rotatable bonds is 10. The molecule has 3 rings (SSSR count). The molecule has 0 unspecified atom stereocenters. The van der Waals surface area contributed by atoms with Crippen molar-refractivity contribution in [3.05, 3.63) is 41.0 Å². The first-order valence-electron chi connectivity index (χ1n) is 9.81. The van der Waals surface area contributed by atoms with Crippen molar-refractivity contribution in [2.45, 2.75) is 26.3 Å². The number of nitrogens with zero attached hydrogens (tertiary/aromatic N) is 1. The Labute approximate surface area is 189 Å². The lowest BCUT2D eigenvalue weighted by atomic mass is 10.1. The molecular formula is C22H25N3O6S. The van der Waals surface area contributed by atoms with Gasteiger partial charge >= 0.3 is 0 Å². The molecule has 170 valence electrons. The van der Waals surface area contributed by atoms with E-state index in [2.05, 4.69) is 15.6 Å². The van der Waals surface area contributed by atoms with Gasteiger partial charge in [0.2, 0.25) is 17.6 Å². The van der Waals surface area contributed by atoms with Gasteiger partial charge in [0, 0.05) is 18.7 Å². The first kappa shape index (κ1) is 23.1. The second kappa shape index (κ2) is 10.7. The molecule has 0 fully saturated rings. The van der Waals surface area contributed by atoms with Crippen molar-refractivity contribution >= 4 is 28.3 Å². The van der Waals surface area contributed by atoms with E-state index in [1.807, 2.05) is 6.07 Å². The molecule has 0 saturated carbocycles. The van der Waals surface area contributed by atoms with Gasteiger partial charge in [0.25, 0.3) is 0 Å². The summed E-state index contributed by atoms with van der Waals surface area (Å²) in [4.78, 5) is 27.9. The van der Waals surface area contributed by atoms with Crippen molar-refractivity contribution in [2.24, 2.45) is 0 Å². The third-order valence-electron chi connectivity index (χ3n) is 4.58. The molecule has 2 amide bonds. The van der Waals surface area contributed by atoms with Gasteiger partial charge in [-0.3, -0.25) is 9.59 Å². The van der Waals surface area contributed by atoms with Gasteiger partial charge in [0.05, 0.1) is 27.9 Å². The smallest absolute Gasteiger partial charge is 0.226 e. The maximum absolute atomic E-state index is 12.5. The zero-order chi connectivity index (χ0) is 23.1. The second-order valence-corrected chi connectivity index (χ2v) is 7.61. The van der Waals surface area contributed by atoms with Crippen LogP contribution in [0.1, 0.15) is 24.7 Å². The van der Waals surface area contributed by atoms with Crippen LogP contribution >= 0.6 is 11.3 Å². The lowest BCUT2D eigenvalue weighted by Gasteiger charge is -2.15.